The van der Waals surface area contributed by atoms with Crippen LogP contribution in [0.25, 0.3) is 0 Å². The Kier molecular flexibility index (Phi) is 42.4. The highest BCUT2D eigenvalue weighted by Crippen LogP contribution is 2.42. The summed E-state index contributed by atoms with van der Waals surface area (Å²) in [6.45, 7) is 10.3. The minimum Gasteiger partial charge on any atom is -0.544 e. The van der Waals surface area contributed by atoms with Crippen LogP contribution in [-0.2, 0) is 54.3 Å². The number of phenols is 4. The number of halogens is 16. The molecule has 0 saturated heterocycles. The largest absolute Gasteiger partial charge is 0.544 e. The normalized spacial score (nSPS) is 12.1. The molecule has 0 spiro atoms. The smallest absolute Gasteiger partial charge is 0.408 e. The number of aliphatic carboxylic acids is 4. The van der Waals surface area contributed by atoms with Crippen molar-refractivity contribution in [2.45, 2.75) is 103 Å². The second-order valence-corrected chi connectivity index (χ2v) is 43.4. The van der Waals surface area contributed by atoms with Crippen molar-refractivity contribution in [1.29, 1.82) is 0 Å². The summed E-state index contributed by atoms with van der Waals surface area (Å²) in [4.78, 5) is 69.0. The first-order chi connectivity index (χ1) is 50.9. The number of hydrogen-bond acceptors (Lipinski definition) is 18. The number of nitrogens with one attached hydrogen (secondary N) is 2. The van der Waals surface area contributed by atoms with Crippen LogP contribution < -0.4 is 51.3 Å². The van der Waals surface area contributed by atoms with Gasteiger partial charge in [-0.25, -0.2) is 19.2 Å². The van der Waals surface area contributed by atoms with Crippen LogP contribution in [0.2, 0.25) is 0 Å². The lowest BCUT2D eigenvalue weighted by molar-refractivity contribution is -0.437. The number of aromatic hydroxyl groups is 4. The Labute approximate surface area is 850 Å². The minimum absolute atomic E-state index is 0.0931. The number of alkyl carbamates (subject to hydrolysis) is 2. The Hall–Kier alpha value is 0.180. The molecular formula is C70H60I16N4O20. The number of quaternary nitrogens is 2. The third-order valence-corrected chi connectivity index (χ3v) is 26.6. The summed E-state index contributed by atoms with van der Waals surface area (Å²) in [6.07, 6.45) is -0.750. The number of rotatable bonds is 22. The monoisotopic (exact) mass is 3310 g/mol. The molecule has 592 valence electrons. The molecule has 0 fully saturated rings. The topological polar surface area (TPSA) is 405 Å². The summed E-state index contributed by atoms with van der Waals surface area (Å²) in [5.74, 6) is 1.41. The van der Waals surface area contributed by atoms with Crippen LogP contribution in [-0.4, -0.2) is 102 Å². The van der Waals surface area contributed by atoms with Gasteiger partial charge >= 0.3 is 24.1 Å². The highest BCUT2D eigenvalue weighted by atomic mass is 127. The molecule has 0 aliphatic heterocycles. The molecule has 40 heteroatoms. The number of ether oxygens (including phenoxy) is 6. The lowest BCUT2D eigenvalue weighted by Crippen LogP contribution is -2.69. The average Bonchev–Trinajstić information content (AvgIpc) is 0.827. The van der Waals surface area contributed by atoms with E-state index in [4.69, 9.17) is 28.4 Å². The number of carboxylic acids is 4. The Balaban J connectivity index is 0.000000264. The van der Waals surface area contributed by atoms with Gasteiger partial charge in [-0.05, 0) is 522 Å². The zero-order valence-electron chi connectivity index (χ0n) is 57.2. The average molecular weight is 3310 g/mol. The fourth-order valence-electron chi connectivity index (χ4n) is 8.69. The molecule has 8 aromatic rings. The van der Waals surface area contributed by atoms with Gasteiger partial charge in [0.2, 0.25) is 0 Å². The van der Waals surface area contributed by atoms with Crippen LogP contribution in [0.1, 0.15) is 63.8 Å². The third kappa shape index (κ3) is 33.0. The molecule has 24 nitrogen and oxygen atoms in total. The van der Waals surface area contributed by atoms with Gasteiger partial charge in [0.05, 0.1) is 69.1 Å². The second-order valence-electron chi connectivity index (χ2n) is 24.8. The van der Waals surface area contributed by atoms with Gasteiger partial charge in [-0.1, -0.05) is 0 Å². The zero-order chi connectivity index (χ0) is 83.0. The molecule has 0 aliphatic carbocycles. The molecule has 110 heavy (non-hydrogen) atoms. The molecule has 8 aromatic carbocycles. The second kappa shape index (κ2) is 46.3. The van der Waals surface area contributed by atoms with Crippen molar-refractivity contribution in [3.8, 4) is 69.0 Å². The minimum atomic E-state index is -1.16. The summed E-state index contributed by atoms with van der Waals surface area (Å²) >= 11 is 33.5. The predicted octanol–water partition coefficient (Wildman–Crippen LogP) is 17.3. The number of hydrogen-bond donors (Lipinski definition) is 10. The van der Waals surface area contributed by atoms with Gasteiger partial charge in [0.1, 0.15) is 81.4 Å². The van der Waals surface area contributed by atoms with Gasteiger partial charge in [-0.2, -0.15) is 0 Å². The first-order valence-electron chi connectivity index (χ1n) is 30.8. The van der Waals surface area contributed by atoms with E-state index in [0.717, 1.165) is 50.8 Å². The van der Waals surface area contributed by atoms with E-state index in [1.165, 1.54) is 0 Å². The first-order valence-corrected chi connectivity index (χ1v) is 48.0. The summed E-state index contributed by atoms with van der Waals surface area (Å²) in [6, 6.07) is 25.0. The van der Waals surface area contributed by atoms with E-state index < -0.39 is 71.4 Å². The van der Waals surface area contributed by atoms with E-state index in [1.54, 1.807) is 90.1 Å². The van der Waals surface area contributed by atoms with Crippen molar-refractivity contribution in [3.63, 3.8) is 0 Å². The van der Waals surface area contributed by atoms with Gasteiger partial charge in [-0.15, -0.1) is 0 Å². The van der Waals surface area contributed by atoms with Crippen molar-refractivity contribution in [2.24, 2.45) is 0 Å². The summed E-state index contributed by atoms with van der Waals surface area (Å²) in [7, 11) is 0. The summed E-state index contributed by atoms with van der Waals surface area (Å²) in [5.41, 5.74) is 8.94. The van der Waals surface area contributed by atoms with Crippen molar-refractivity contribution in [2.75, 3.05) is 0 Å². The van der Waals surface area contributed by atoms with Crippen LogP contribution in [0.4, 0.5) is 9.59 Å². The standard InChI is InChI=1S/2C20H19I4NO6.2C15H11I4NO4/c2*1-20(2,3)31-19(29)25-15(18(27)28)6-9-4-13(23)17(14(24)5-9)30-10-7-11(21)16(26)12(22)8-10;2*16-8-4-7(5-9(17)13(8)21)24-14-10(18)1-6(2-11(14)19)3-12(20)15(22)23/h2*4-5,7-8,15,26H,6H2,1-3H3,(H,25,29)(H,27,28);2*1-2,4-5,12,21H,3,20H2,(H,22,23). The fourth-order valence-corrected chi connectivity index (χ4v) is 24.0. The van der Waals surface area contributed by atoms with E-state index in [-0.39, 0.29) is 35.8 Å². The van der Waals surface area contributed by atoms with E-state index in [1.807, 2.05) is 139 Å². The van der Waals surface area contributed by atoms with E-state index in [9.17, 15) is 69.6 Å². The number of amides is 2. The van der Waals surface area contributed by atoms with Crippen molar-refractivity contribution in [1.82, 2.24) is 10.6 Å². The lowest BCUT2D eigenvalue weighted by atomic mass is 10.1. The molecule has 0 aliphatic rings. The van der Waals surface area contributed by atoms with Crippen LogP contribution in [0, 0.1) is 57.1 Å². The predicted molar refractivity (Wildman–Crippen MR) is 542 cm³/mol. The maximum atomic E-state index is 12.0. The van der Waals surface area contributed by atoms with Crippen molar-refractivity contribution >= 4 is 398 Å². The molecule has 8 rings (SSSR count). The Bertz CT molecular complexity index is 4300. The summed E-state index contributed by atoms with van der Waals surface area (Å²) in [5, 5.41) is 85.1. The molecule has 4 unspecified atom stereocenters. The van der Waals surface area contributed by atoms with Gasteiger partial charge in [0.15, 0.2) is 23.0 Å². The maximum absolute atomic E-state index is 12.0. The molecule has 0 aromatic heterocycles. The molecule has 0 radical (unpaired) electrons. The van der Waals surface area contributed by atoms with Gasteiger partial charge in [-0.3, -0.25) is 0 Å². The maximum Gasteiger partial charge on any atom is 0.408 e. The molecular weight excluding hydrogens is 3250 g/mol. The number of carbonyl (C=O) groups is 6. The Morgan fingerprint density at radius 2 is 0.509 bits per heavy atom. The van der Waals surface area contributed by atoms with E-state index in [2.05, 4.69) is 293 Å². The summed E-state index contributed by atoms with van der Waals surface area (Å²) < 4.78 is 46.6. The van der Waals surface area contributed by atoms with Crippen LogP contribution >= 0.6 is 361 Å². The highest BCUT2D eigenvalue weighted by molar-refractivity contribution is 14.1. The molecule has 14 N–H and O–H groups in total. The first kappa shape index (κ1) is 101. The number of phenolic OH excluding ortho intramolecular Hbond substituents is 4. The molecule has 0 bridgehead atoms. The quantitative estimate of drug-likeness (QED) is 0.0282. The fraction of sp³-hybridized carbons (Fsp3) is 0.229. The van der Waals surface area contributed by atoms with Gasteiger partial charge < -0.3 is 101 Å². The molecule has 0 heterocycles. The number of benzene rings is 8. The Morgan fingerprint density at radius 3 is 0.664 bits per heavy atom. The van der Waals surface area contributed by atoms with Crippen molar-refractivity contribution < 1.29 is 110 Å². The molecule has 0 saturated carbocycles. The SMILES string of the molecule is CC(C)(C)OC(=O)NC(Cc1cc(I)c(Oc2cc(I)c(O)c(I)c2)c(I)c1)C(=O)O.CC(C)(C)OC(=O)NC(Cc1cc(I)c(Oc2cc(I)c(O)c(I)c2)c(I)c1)C(=O)O.[NH3+]C(Cc1cc(I)c(Oc2cc(I)c(O)c(I)c2)c(I)c1)C(=O)[O-].[NH3+]C(Cc1cc(I)c(Oc2cc(I)c(O)c(I)c2)c(I)c1)C(=O)[O-]. The number of carboxylic acid groups (broad SMARTS) is 4. The van der Waals surface area contributed by atoms with Crippen molar-refractivity contribution in [3.05, 3.63) is 176 Å². The highest BCUT2D eigenvalue weighted by Gasteiger charge is 2.28. The number of carbonyl (C=O) groups excluding carboxylic acids is 4. The van der Waals surface area contributed by atoms with Gasteiger partial charge in [0.25, 0.3) is 0 Å². The lowest BCUT2D eigenvalue weighted by Gasteiger charge is -2.22. The van der Waals surface area contributed by atoms with E-state index in [0.29, 0.717) is 87.4 Å². The van der Waals surface area contributed by atoms with Crippen LogP contribution in [0.5, 0.6) is 69.0 Å². The Morgan fingerprint density at radius 1 is 0.336 bits per heavy atom. The zero-order valence-corrected chi connectivity index (χ0v) is 91.8. The third-order valence-electron chi connectivity index (χ3n) is 13.6. The van der Waals surface area contributed by atoms with Crippen LogP contribution in [0.15, 0.2) is 97.1 Å². The van der Waals surface area contributed by atoms with Gasteiger partial charge in [0, 0.05) is 25.7 Å². The molecule has 2 amide bonds. The van der Waals surface area contributed by atoms with E-state index >= 15 is 0 Å². The molecule has 4 atom stereocenters. The van der Waals surface area contributed by atoms with Crippen LogP contribution in [0.3, 0.4) is 0 Å².